The molecule has 0 fully saturated rings. The van der Waals surface area contributed by atoms with Crippen LogP contribution < -0.4 is 0 Å². The summed E-state index contributed by atoms with van der Waals surface area (Å²) in [5.74, 6) is 5.53. The minimum Gasteiger partial charge on any atom is -0.450 e. The van der Waals surface area contributed by atoms with E-state index in [1.54, 1.807) is 0 Å². The third-order valence-corrected chi connectivity index (χ3v) is 1.51. The molecule has 0 aromatic heterocycles. The molecule has 12 heavy (non-hydrogen) atoms. The van der Waals surface area contributed by atoms with Crippen LogP contribution in [0.25, 0.3) is 0 Å². The van der Waals surface area contributed by atoms with E-state index in [1.165, 1.54) is 0 Å². The highest BCUT2D eigenvalue weighted by atomic mass is 127. The largest absolute Gasteiger partial charge is 0.507 e. The van der Waals surface area contributed by atoms with Gasteiger partial charge in [-0.25, -0.2) is 4.79 Å². The van der Waals surface area contributed by atoms with E-state index < -0.39 is 12.3 Å². The molecule has 0 rings (SSSR count). The van der Waals surface area contributed by atoms with Crippen molar-refractivity contribution in [2.75, 3.05) is 4.43 Å². The van der Waals surface area contributed by atoms with Gasteiger partial charge in [0.1, 0.15) is 0 Å². The normalized spacial score (nSPS) is 11.2. The van der Waals surface area contributed by atoms with Gasteiger partial charge < -0.3 is 9.84 Å². The lowest BCUT2D eigenvalue weighted by Gasteiger charge is -2.06. The van der Waals surface area contributed by atoms with Gasteiger partial charge in [-0.1, -0.05) is 47.8 Å². The summed E-state index contributed by atoms with van der Waals surface area (Å²) >= 11 is 2.11. The Morgan fingerprint density at radius 2 is 2.42 bits per heavy atom. The fourth-order valence-electron chi connectivity index (χ4n) is 0.697. The summed E-state index contributed by atoms with van der Waals surface area (Å²) in [4.78, 5) is 10.2. The predicted octanol–water partition coefficient (Wildman–Crippen LogP) is 2.29. The van der Waals surface area contributed by atoms with Crippen LogP contribution in [0.5, 0.6) is 0 Å². The average Bonchev–Trinajstić information content (AvgIpc) is 2.00. The summed E-state index contributed by atoms with van der Waals surface area (Å²) in [7, 11) is 0. The number of rotatable bonds is 3. The lowest BCUT2D eigenvalue weighted by Crippen LogP contribution is -2.14. The summed E-state index contributed by atoms with van der Waals surface area (Å²) in [6.45, 7) is 1.96. The van der Waals surface area contributed by atoms with E-state index in [0.29, 0.717) is 10.8 Å². The van der Waals surface area contributed by atoms with Gasteiger partial charge in [0.05, 0.1) is 4.43 Å². The molecule has 0 aliphatic carbocycles. The molecule has 1 N–H and O–H groups in total. The van der Waals surface area contributed by atoms with Crippen LogP contribution in [0.3, 0.4) is 0 Å². The van der Waals surface area contributed by atoms with E-state index in [2.05, 4.69) is 39.2 Å². The first kappa shape index (κ1) is 11.6. The number of carboxylic acid groups (broad SMARTS) is 1. The zero-order chi connectivity index (χ0) is 9.40. The summed E-state index contributed by atoms with van der Waals surface area (Å²) in [6.07, 6.45) is -0.178. The van der Waals surface area contributed by atoms with Gasteiger partial charge in [-0.15, -0.1) is 0 Å². The van der Waals surface area contributed by atoms with Crippen molar-refractivity contribution in [1.29, 1.82) is 0 Å². The van der Waals surface area contributed by atoms with E-state index in [-0.39, 0.29) is 0 Å². The Hall–Kier alpha value is -0.440. The molecule has 0 aliphatic rings. The van der Waals surface area contributed by atoms with Gasteiger partial charge in [0.2, 0.25) is 0 Å². The van der Waals surface area contributed by atoms with Crippen molar-refractivity contribution in [1.82, 2.24) is 0 Å². The van der Waals surface area contributed by atoms with Gasteiger partial charge in [-0.2, -0.15) is 0 Å². The monoisotopic (exact) mass is 282 g/mol. The highest BCUT2D eigenvalue weighted by Crippen LogP contribution is 2.01. The maximum Gasteiger partial charge on any atom is 0.507 e. The number of hydrogen-bond acceptors (Lipinski definition) is 2. The molecule has 0 spiro atoms. The summed E-state index contributed by atoms with van der Waals surface area (Å²) in [5.41, 5.74) is 0. The van der Waals surface area contributed by atoms with E-state index in [9.17, 15) is 4.79 Å². The molecule has 0 saturated heterocycles. The van der Waals surface area contributed by atoms with Crippen molar-refractivity contribution in [2.45, 2.75) is 25.9 Å². The minimum atomic E-state index is -1.25. The highest BCUT2D eigenvalue weighted by molar-refractivity contribution is 14.1. The van der Waals surface area contributed by atoms with Gasteiger partial charge in [0, 0.05) is 0 Å². The van der Waals surface area contributed by atoms with E-state index in [0.717, 1.165) is 6.42 Å². The second-order valence-electron chi connectivity index (χ2n) is 2.12. The van der Waals surface area contributed by atoms with Crippen LogP contribution in [-0.2, 0) is 4.74 Å². The second kappa shape index (κ2) is 7.22. The van der Waals surface area contributed by atoms with Crippen molar-refractivity contribution < 1.29 is 14.6 Å². The average molecular weight is 282 g/mol. The van der Waals surface area contributed by atoms with Crippen LogP contribution in [0.4, 0.5) is 4.79 Å². The Kier molecular flexibility index (Phi) is 6.96. The maximum atomic E-state index is 10.2. The lowest BCUT2D eigenvalue weighted by atomic mass is 10.2. The topological polar surface area (TPSA) is 46.5 Å². The molecule has 0 heterocycles. The number of carbonyl (C=O) groups is 1. The SMILES string of the molecule is CCCC(C#CCI)OC(=O)O. The summed E-state index contributed by atoms with van der Waals surface area (Å²) in [5, 5.41) is 8.32. The van der Waals surface area contributed by atoms with E-state index in [1.807, 2.05) is 6.92 Å². The smallest absolute Gasteiger partial charge is 0.450 e. The quantitative estimate of drug-likeness (QED) is 0.374. The van der Waals surface area contributed by atoms with Crippen molar-refractivity contribution >= 4 is 28.7 Å². The first-order valence-electron chi connectivity index (χ1n) is 3.64. The van der Waals surface area contributed by atoms with Crippen molar-refractivity contribution in [3.05, 3.63) is 0 Å². The third-order valence-electron chi connectivity index (χ3n) is 1.12. The Labute approximate surface area is 85.6 Å². The Bertz CT molecular complexity index is 192. The van der Waals surface area contributed by atoms with Crippen LogP contribution >= 0.6 is 22.6 Å². The molecule has 0 aromatic carbocycles. The fraction of sp³-hybridized carbons (Fsp3) is 0.625. The molecule has 0 aromatic rings. The Balaban J connectivity index is 3.94. The Morgan fingerprint density at radius 3 is 2.83 bits per heavy atom. The first-order chi connectivity index (χ1) is 5.70. The molecule has 3 nitrogen and oxygen atoms in total. The van der Waals surface area contributed by atoms with Crippen LogP contribution in [0.15, 0.2) is 0 Å². The Morgan fingerprint density at radius 1 is 1.75 bits per heavy atom. The first-order valence-corrected chi connectivity index (χ1v) is 5.17. The van der Waals surface area contributed by atoms with Crippen LogP contribution in [-0.4, -0.2) is 21.8 Å². The van der Waals surface area contributed by atoms with Gasteiger partial charge in [0.15, 0.2) is 6.10 Å². The molecule has 0 aliphatic heterocycles. The molecule has 0 radical (unpaired) electrons. The van der Waals surface area contributed by atoms with Crippen LogP contribution in [0.2, 0.25) is 0 Å². The van der Waals surface area contributed by atoms with Crippen LogP contribution in [0.1, 0.15) is 19.8 Å². The number of halogens is 1. The van der Waals surface area contributed by atoms with Gasteiger partial charge in [-0.05, 0) is 6.42 Å². The zero-order valence-electron chi connectivity index (χ0n) is 6.84. The van der Waals surface area contributed by atoms with Gasteiger partial charge >= 0.3 is 6.16 Å². The molecular weight excluding hydrogens is 271 g/mol. The molecular formula is C8H11IO3. The molecule has 0 bridgehead atoms. The van der Waals surface area contributed by atoms with Crippen molar-refractivity contribution in [3.63, 3.8) is 0 Å². The molecule has 0 saturated carbocycles. The van der Waals surface area contributed by atoms with Gasteiger partial charge in [-0.3, -0.25) is 0 Å². The van der Waals surface area contributed by atoms with Crippen molar-refractivity contribution in [3.8, 4) is 11.8 Å². The van der Waals surface area contributed by atoms with E-state index in [4.69, 9.17) is 5.11 Å². The minimum absolute atomic E-state index is 0.456. The summed E-state index contributed by atoms with van der Waals surface area (Å²) < 4.78 is 5.23. The molecule has 4 heteroatoms. The van der Waals surface area contributed by atoms with Crippen LogP contribution in [0, 0.1) is 11.8 Å². The predicted molar refractivity (Wildman–Crippen MR) is 54.5 cm³/mol. The van der Waals surface area contributed by atoms with Gasteiger partial charge in [0.25, 0.3) is 0 Å². The zero-order valence-corrected chi connectivity index (χ0v) is 9.00. The lowest BCUT2D eigenvalue weighted by molar-refractivity contribution is 0.0693. The summed E-state index contributed by atoms with van der Waals surface area (Å²) in [6, 6.07) is 0. The molecule has 68 valence electrons. The fourth-order valence-corrected chi connectivity index (χ4v) is 0.917. The number of ether oxygens (including phenoxy) is 1. The van der Waals surface area contributed by atoms with Crippen molar-refractivity contribution in [2.24, 2.45) is 0 Å². The molecule has 1 atom stereocenters. The highest BCUT2D eigenvalue weighted by Gasteiger charge is 2.08. The molecule has 1 unspecified atom stereocenters. The number of hydrogen-bond donors (Lipinski definition) is 1. The van der Waals surface area contributed by atoms with E-state index >= 15 is 0 Å². The maximum absolute atomic E-state index is 10.2. The third kappa shape index (κ3) is 6.28. The standard InChI is InChI=1S/C8H11IO3/c1-2-4-7(5-3-6-9)12-8(10)11/h7H,2,4,6H2,1H3,(H,10,11). The second-order valence-corrected chi connectivity index (χ2v) is 2.88. The molecule has 0 amide bonds. The number of alkyl halides is 1.